The maximum Gasteiger partial charge on any atom is 0.211 e. The van der Waals surface area contributed by atoms with Crippen LogP contribution in [0.5, 0.6) is 0 Å². The van der Waals surface area contributed by atoms with Crippen LogP contribution >= 0.6 is 34.5 Å². The average molecular weight is 484 g/mol. The van der Waals surface area contributed by atoms with Crippen LogP contribution in [0.1, 0.15) is 0 Å². The molecule has 0 amide bonds. The molecule has 2 aromatic heterocycles. The second-order valence-electron chi connectivity index (χ2n) is 6.96. The normalized spacial score (nSPS) is 11.1. The number of hydrogen-bond donors (Lipinski definition) is 0. The lowest BCUT2D eigenvalue weighted by Gasteiger charge is -2.05. The van der Waals surface area contributed by atoms with Gasteiger partial charge in [-0.3, -0.25) is 0 Å². The van der Waals surface area contributed by atoms with E-state index in [0.717, 1.165) is 11.3 Å². The van der Waals surface area contributed by atoms with E-state index >= 15 is 0 Å². The Balaban J connectivity index is 1.67. The molecule has 0 saturated carbocycles. The third-order valence-corrected chi connectivity index (χ3v) is 6.30. The first-order valence-corrected chi connectivity index (χ1v) is 11.2. The topological polar surface area (TPSA) is 30.7 Å². The second-order valence-corrected chi connectivity index (χ2v) is 8.61. The molecule has 5 rings (SSSR count). The van der Waals surface area contributed by atoms with Crippen LogP contribution in [0.3, 0.4) is 0 Å². The Morgan fingerprint density at radius 2 is 1.28 bits per heavy atom. The van der Waals surface area contributed by atoms with Crippen molar-refractivity contribution in [1.29, 1.82) is 0 Å². The van der Waals surface area contributed by atoms with Gasteiger partial charge in [-0.1, -0.05) is 35.3 Å². The Labute approximate surface area is 196 Å². The van der Waals surface area contributed by atoms with Gasteiger partial charge in [0.2, 0.25) is 5.13 Å². The van der Waals surface area contributed by atoms with Crippen LogP contribution in [0, 0.1) is 11.6 Å². The van der Waals surface area contributed by atoms with E-state index in [9.17, 15) is 8.78 Å². The average Bonchev–Trinajstić information content (AvgIpc) is 3.41. The van der Waals surface area contributed by atoms with Gasteiger partial charge in [-0.15, -0.1) is 11.3 Å². The van der Waals surface area contributed by atoms with E-state index in [0.29, 0.717) is 37.7 Å². The first kappa shape index (κ1) is 20.8. The molecule has 0 aliphatic carbocycles. The molecule has 0 saturated heterocycles. The lowest BCUT2D eigenvalue weighted by molar-refractivity contribution is 0.627. The second kappa shape index (κ2) is 8.47. The maximum atomic E-state index is 13.5. The molecule has 8 heteroatoms. The molecular weight excluding hydrogens is 471 g/mol. The minimum Gasteiger partial charge on any atom is -0.218 e. The lowest BCUT2D eigenvalue weighted by Crippen LogP contribution is -1.99. The molecule has 0 N–H and O–H groups in total. The molecule has 0 fully saturated rings. The van der Waals surface area contributed by atoms with E-state index in [1.807, 2.05) is 17.5 Å². The van der Waals surface area contributed by atoms with E-state index in [1.165, 1.54) is 35.6 Å². The van der Waals surface area contributed by atoms with Crippen molar-refractivity contribution in [3.8, 4) is 38.9 Å². The molecule has 0 aliphatic heterocycles. The summed E-state index contributed by atoms with van der Waals surface area (Å²) in [4.78, 5) is 4.73. The number of benzene rings is 3. The van der Waals surface area contributed by atoms with Crippen molar-refractivity contribution in [3.05, 3.63) is 99.9 Å². The fraction of sp³-hybridized carbons (Fsp3) is 0. The first-order chi connectivity index (χ1) is 15.5. The smallest absolute Gasteiger partial charge is 0.211 e. The number of thiazole rings is 1. The standard InChI is InChI=1S/C24H13Cl2F2N3S/c25-17-7-1-14(2-8-17)20-13-32-24(29-20)31-23(16-5-11-19(28)12-6-16)21(26)22(30-31)15-3-9-18(27)10-4-15/h1-13H. The Hall–Kier alpha value is -3.06. The van der Waals surface area contributed by atoms with Crippen molar-refractivity contribution < 1.29 is 8.78 Å². The van der Waals surface area contributed by atoms with Gasteiger partial charge in [0.15, 0.2) is 0 Å². The Bertz CT molecular complexity index is 1390. The summed E-state index contributed by atoms with van der Waals surface area (Å²) in [6.45, 7) is 0. The lowest BCUT2D eigenvalue weighted by atomic mass is 10.1. The molecule has 5 aromatic rings. The van der Waals surface area contributed by atoms with Gasteiger partial charge < -0.3 is 0 Å². The zero-order valence-corrected chi connectivity index (χ0v) is 18.6. The van der Waals surface area contributed by atoms with Crippen molar-refractivity contribution in [3.63, 3.8) is 0 Å². The maximum absolute atomic E-state index is 13.5. The predicted octanol–water partition coefficient (Wildman–Crippen LogP) is 7.91. The van der Waals surface area contributed by atoms with E-state index < -0.39 is 0 Å². The third kappa shape index (κ3) is 3.93. The minimum atomic E-state index is -0.353. The van der Waals surface area contributed by atoms with Gasteiger partial charge in [-0.2, -0.15) is 5.10 Å². The van der Waals surface area contributed by atoms with Gasteiger partial charge in [0.05, 0.1) is 16.4 Å². The van der Waals surface area contributed by atoms with Gasteiger partial charge in [0.25, 0.3) is 0 Å². The molecular formula is C24H13Cl2F2N3S. The van der Waals surface area contributed by atoms with Crippen LogP contribution in [0.25, 0.3) is 38.9 Å². The number of hydrogen-bond acceptors (Lipinski definition) is 3. The highest BCUT2D eigenvalue weighted by atomic mass is 35.5. The van der Waals surface area contributed by atoms with Crippen LogP contribution < -0.4 is 0 Å². The van der Waals surface area contributed by atoms with E-state index in [4.69, 9.17) is 33.3 Å². The monoisotopic (exact) mass is 483 g/mol. The summed E-state index contributed by atoms with van der Waals surface area (Å²) in [7, 11) is 0. The van der Waals surface area contributed by atoms with Gasteiger partial charge >= 0.3 is 0 Å². The summed E-state index contributed by atoms with van der Waals surface area (Å²) in [5.74, 6) is -0.704. The largest absolute Gasteiger partial charge is 0.218 e. The number of rotatable bonds is 4. The van der Waals surface area contributed by atoms with Crippen molar-refractivity contribution in [1.82, 2.24) is 14.8 Å². The van der Waals surface area contributed by atoms with E-state index in [-0.39, 0.29) is 11.6 Å². The molecule has 0 unspecified atom stereocenters. The van der Waals surface area contributed by atoms with E-state index in [2.05, 4.69) is 0 Å². The highest BCUT2D eigenvalue weighted by Crippen LogP contribution is 2.39. The Kier molecular flexibility index (Phi) is 5.51. The van der Waals surface area contributed by atoms with Crippen LogP contribution in [-0.2, 0) is 0 Å². The third-order valence-electron chi connectivity index (χ3n) is 4.88. The summed E-state index contributed by atoms with van der Waals surface area (Å²) in [5, 5.41) is 8.21. The Morgan fingerprint density at radius 1 is 0.719 bits per heavy atom. The highest BCUT2D eigenvalue weighted by Gasteiger charge is 2.22. The molecule has 0 atom stereocenters. The fourth-order valence-electron chi connectivity index (χ4n) is 3.30. The van der Waals surface area contributed by atoms with Gasteiger partial charge in [-0.05, 0) is 60.7 Å². The fourth-order valence-corrected chi connectivity index (χ4v) is 4.55. The van der Waals surface area contributed by atoms with Gasteiger partial charge in [-0.25, -0.2) is 18.4 Å². The van der Waals surface area contributed by atoms with Crippen molar-refractivity contribution in [2.24, 2.45) is 0 Å². The molecule has 0 spiro atoms. The minimum absolute atomic E-state index is 0.351. The van der Waals surface area contributed by atoms with E-state index in [1.54, 1.807) is 41.1 Å². The zero-order chi connectivity index (χ0) is 22.2. The Morgan fingerprint density at radius 3 is 1.91 bits per heavy atom. The number of aromatic nitrogens is 3. The molecule has 3 aromatic carbocycles. The van der Waals surface area contributed by atoms with Crippen LogP contribution in [0.2, 0.25) is 10.0 Å². The van der Waals surface area contributed by atoms with Gasteiger partial charge in [0.1, 0.15) is 17.3 Å². The van der Waals surface area contributed by atoms with Crippen LogP contribution in [0.4, 0.5) is 8.78 Å². The molecule has 0 radical (unpaired) electrons. The summed E-state index contributed by atoms with van der Waals surface area (Å²) < 4.78 is 28.6. The quantitative estimate of drug-likeness (QED) is 0.260. The number of halogens is 4. The van der Waals surface area contributed by atoms with Crippen molar-refractivity contribution >= 4 is 34.5 Å². The summed E-state index contributed by atoms with van der Waals surface area (Å²) in [5.41, 5.74) is 4.07. The van der Waals surface area contributed by atoms with Crippen molar-refractivity contribution in [2.75, 3.05) is 0 Å². The zero-order valence-electron chi connectivity index (χ0n) is 16.3. The molecule has 0 aliphatic rings. The summed E-state index contributed by atoms with van der Waals surface area (Å²) >= 11 is 14.1. The SMILES string of the molecule is Fc1ccc(-c2nn(-c3nc(-c4ccc(Cl)cc4)cs3)c(-c3ccc(F)cc3)c2Cl)cc1. The van der Waals surface area contributed by atoms with Crippen LogP contribution in [0.15, 0.2) is 78.2 Å². The predicted molar refractivity (Wildman–Crippen MR) is 125 cm³/mol. The van der Waals surface area contributed by atoms with Gasteiger partial charge in [0, 0.05) is 27.1 Å². The molecule has 0 bridgehead atoms. The first-order valence-electron chi connectivity index (χ1n) is 9.52. The number of nitrogens with zero attached hydrogens (tertiary/aromatic N) is 3. The molecule has 3 nitrogen and oxygen atoms in total. The van der Waals surface area contributed by atoms with Crippen LogP contribution in [-0.4, -0.2) is 14.8 Å². The molecule has 2 heterocycles. The molecule has 32 heavy (non-hydrogen) atoms. The van der Waals surface area contributed by atoms with Crippen molar-refractivity contribution in [2.45, 2.75) is 0 Å². The highest BCUT2D eigenvalue weighted by molar-refractivity contribution is 7.12. The molecule has 158 valence electrons. The summed E-state index contributed by atoms with van der Waals surface area (Å²) in [6, 6.07) is 19.3. The summed E-state index contributed by atoms with van der Waals surface area (Å²) in [6.07, 6.45) is 0.